The topological polar surface area (TPSA) is 49.3 Å². The summed E-state index contributed by atoms with van der Waals surface area (Å²) in [5.74, 6) is 2.70. The fourth-order valence-corrected chi connectivity index (χ4v) is 3.28. The molecule has 6 heteroatoms. The second-order valence-corrected chi connectivity index (χ2v) is 6.43. The summed E-state index contributed by atoms with van der Waals surface area (Å²) in [5.41, 5.74) is 2.37. The lowest BCUT2D eigenvalue weighted by Crippen LogP contribution is -2.52. The fourth-order valence-electron chi connectivity index (χ4n) is 3.28. The van der Waals surface area contributed by atoms with Crippen molar-refractivity contribution < 1.29 is 9.47 Å². The lowest BCUT2D eigenvalue weighted by atomic mass is 10.2. The van der Waals surface area contributed by atoms with E-state index in [4.69, 9.17) is 9.47 Å². The molecule has 3 rings (SSSR count). The highest BCUT2D eigenvalue weighted by atomic mass is 16.5. The van der Waals surface area contributed by atoms with Crippen molar-refractivity contribution in [2.75, 3.05) is 52.3 Å². The minimum atomic E-state index is 0.722. The number of methoxy groups -OCH3 is 2. The quantitative estimate of drug-likeness (QED) is 0.649. The largest absolute Gasteiger partial charge is 0.497 e. The van der Waals surface area contributed by atoms with Crippen LogP contribution in [0.15, 0.2) is 53.5 Å². The van der Waals surface area contributed by atoms with E-state index in [0.717, 1.165) is 50.2 Å². The molecule has 0 aromatic heterocycles. The number of piperazine rings is 1. The molecule has 0 spiro atoms. The van der Waals surface area contributed by atoms with Crippen LogP contribution in [0.2, 0.25) is 0 Å². The van der Waals surface area contributed by atoms with E-state index in [1.54, 1.807) is 14.2 Å². The van der Waals surface area contributed by atoms with Gasteiger partial charge in [0, 0.05) is 51.5 Å². The molecule has 1 saturated heterocycles. The molecule has 1 aliphatic heterocycles. The predicted octanol–water partition coefficient (Wildman–Crippen LogP) is 2.60. The van der Waals surface area contributed by atoms with Gasteiger partial charge in [-0.2, -0.15) is 0 Å². The third-order valence-corrected chi connectivity index (χ3v) is 4.79. The van der Waals surface area contributed by atoms with Gasteiger partial charge in [-0.25, -0.2) is 0 Å². The maximum absolute atomic E-state index is 5.34. The van der Waals surface area contributed by atoms with Gasteiger partial charge in [0.05, 0.1) is 14.2 Å². The number of nitrogens with one attached hydrogen (secondary N) is 1. The maximum Gasteiger partial charge on any atom is 0.194 e. The van der Waals surface area contributed by atoms with Gasteiger partial charge in [-0.05, 0) is 29.8 Å². The molecule has 1 aliphatic rings. The molecule has 144 valence electrons. The molecule has 1 heterocycles. The fraction of sp³-hybridized carbons (Fsp3) is 0.381. The minimum absolute atomic E-state index is 0.722. The van der Waals surface area contributed by atoms with Crippen LogP contribution in [0.4, 0.5) is 5.69 Å². The lowest BCUT2D eigenvalue weighted by Gasteiger charge is -2.37. The summed E-state index contributed by atoms with van der Waals surface area (Å²) in [4.78, 5) is 9.14. The van der Waals surface area contributed by atoms with Crippen LogP contribution >= 0.6 is 0 Å². The smallest absolute Gasteiger partial charge is 0.194 e. The Morgan fingerprint density at radius 2 is 1.63 bits per heavy atom. The Balaban J connectivity index is 1.55. The maximum atomic E-state index is 5.34. The van der Waals surface area contributed by atoms with Crippen LogP contribution in [0.5, 0.6) is 11.5 Å². The van der Waals surface area contributed by atoms with E-state index in [2.05, 4.69) is 38.3 Å². The SMILES string of the molecule is CN=C(NCc1cccc(OC)c1)N1CCN(c2cccc(OC)c2)CC1. The normalized spacial score (nSPS) is 14.9. The van der Waals surface area contributed by atoms with Crippen molar-refractivity contribution in [1.82, 2.24) is 10.2 Å². The Kier molecular flexibility index (Phi) is 6.41. The Morgan fingerprint density at radius 3 is 2.30 bits per heavy atom. The summed E-state index contributed by atoms with van der Waals surface area (Å²) in [5, 5.41) is 3.46. The highest BCUT2D eigenvalue weighted by molar-refractivity contribution is 5.80. The van der Waals surface area contributed by atoms with Gasteiger partial charge in [-0.1, -0.05) is 18.2 Å². The Labute approximate surface area is 161 Å². The first-order valence-electron chi connectivity index (χ1n) is 9.21. The summed E-state index contributed by atoms with van der Waals surface area (Å²) < 4.78 is 10.6. The van der Waals surface area contributed by atoms with Crippen LogP contribution in [0.25, 0.3) is 0 Å². The van der Waals surface area contributed by atoms with Gasteiger partial charge < -0.3 is 24.6 Å². The molecule has 1 N–H and O–H groups in total. The molecule has 27 heavy (non-hydrogen) atoms. The molecule has 0 amide bonds. The van der Waals surface area contributed by atoms with Crippen molar-refractivity contribution in [3.8, 4) is 11.5 Å². The summed E-state index contributed by atoms with van der Waals surface area (Å²) in [6.07, 6.45) is 0. The van der Waals surface area contributed by atoms with Gasteiger partial charge in [0.25, 0.3) is 0 Å². The van der Waals surface area contributed by atoms with Crippen molar-refractivity contribution in [1.29, 1.82) is 0 Å². The van der Waals surface area contributed by atoms with Gasteiger partial charge in [0.1, 0.15) is 11.5 Å². The lowest BCUT2D eigenvalue weighted by molar-refractivity contribution is 0.371. The van der Waals surface area contributed by atoms with Crippen molar-refractivity contribution in [3.63, 3.8) is 0 Å². The summed E-state index contributed by atoms with van der Waals surface area (Å²) >= 11 is 0. The second-order valence-electron chi connectivity index (χ2n) is 6.43. The molecule has 0 bridgehead atoms. The monoisotopic (exact) mass is 368 g/mol. The minimum Gasteiger partial charge on any atom is -0.497 e. The number of rotatable bonds is 5. The van der Waals surface area contributed by atoms with Gasteiger partial charge >= 0.3 is 0 Å². The van der Waals surface area contributed by atoms with E-state index in [1.807, 2.05) is 37.4 Å². The molecule has 6 nitrogen and oxygen atoms in total. The highest BCUT2D eigenvalue weighted by Crippen LogP contribution is 2.22. The Hall–Kier alpha value is -2.89. The van der Waals surface area contributed by atoms with E-state index < -0.39 is 0 Å². The highest BCUT2D eigenvalue weighted by Gasteiger charge is 2.20. The molecule has 0 aliphatic carbocycles. The molecular formula is C21H28N4O2. The van der Waals surface area contributed by atoms with Crippen LogP contribution in [0.1, 0.15) is 5.56 Å². The first kappa shape index (κ1) is 18.9. The van der Waals surface area contributed by atoms with E-state index in [1.165, 1.54) is 11.3 Å². The summed E-state index contributed by atoms with van der Waals surface area (Å²) in [6.45, 7) is 4.48. The van der Waals surface area contributed by atoms with Crippen molar-refractivity contribution in [2.45, 2.75) is 6.54 Å². The number of anilines is 1. The van der Waals surface area contributed by atoms with E-state index in [-0.39, 0.29) is 0 Å². The average molecular weight is 368 g/mol. The second kappa shape index (κ2) is 9.16. The Bertz CT molecular complexity index is 770. The molecule has 1 fully saturated rings. The van der Waals surface area contributed by atoms with Gasteiger partial charge in [0.2, 0.25) is 0 Å². The van der Waals surface area contributed by atoms with Crippen LogP contribution in [0.3, 0.4) is 0 Å². The molecule has 0 atom stereocenters. The molecule has 0 radical (unpaired) electrons. The van der Waals surface area contributed by atoms with Crippen LogP contribution in [-0.2, 0) is 6.54 Å². The van der Waals surface area contributed by atoms with Gasteiger partial charge in [0.15, 0.2) is 5.96 Å². The zero-order valence-corrected chi connectivity index (χ0v) is 16.3. The van der Waals surface area contributed by atoms with E-state index >= 15 is 0 Å². The molecule has 2 aromatic carbocycles. The number of aliphatic imine (C=N–C) groups is 1. The Morgan fingerprint density at radius 1 is 0.963 bits per heavy atom. The van der Waals surface area contributed by atoms with Crippen LogP contribution < -0.4 is 19.7 Å². The van der Waals surface area contributed by atoms with Crippen LogP contribution in [-0.4, -0.2) is 58.3 Å². The number of guanidine groups is 1. The summed E-state index contributed by atoms with van der Waals surface area (Å²) in [7, 11) is 5.23. The number of ether oxygens (including phenoxy) is 2. The third kappa shape index (κ3) is 4.84. The average Bonchev–Trinajstić information content (AvgIpc) is 2.75. The number of benzene rings is 2. The van der Waals surface area contributed by atoms with Crippen molar-refractivity contribution in [3.05, 3.63) is 54.1 Å². The van der Waals surface area contributed by atoms with Crippen molar-refractivity contribution in [2.24, 2.45) is 4.99 Å². The van der Waals surface area contributed by atoms with Crippen molar-refractivity contribution >= 4 is 11.6 Å². The standard InChI is InChI=1S/C21H28N4O2/c1-22-21(23-16-17-6-4-8-19(14-17)26-2)25-12-10-24(11-13-25)18-7-5-9-20(15-18)27-3/h4-9,14-15H,10-13,16H2,1-3H3,(H,22,23). The molecular weight excluding hydrogens is 340 g/mol. The zero-order chi connectivity index (χ0) is 19.1. The number of hydrogen-bond donors (Lipinski definition) is 1. The zero-order valence-electron chi connectivity index (χ0n) is 16.3. The molecule has 0 unspecified atom stereocenters. The number of nitrogens with zero attached hydrogens (tertiary/aromatic N) is 3. The van der Waals surface area contributed by atoms with E-state index in [0.29, 0.717) is 0 Å². The molecule has 2 aromatic rings. The molecule has 0 saturated carbocycles. The first-order chi connectivity index (χ1) is 13.2. The van der Waals surface area contributed by atoms with Crippen LogP contribution in [0, 0.1) is 0 Å². The van der Waals surface area contributed by atoms with Gasteiger partial charge in [-0.3, -0.25) is 4.99 Å². The first-order valence-corrected chi connectivity index (χ1v) is 9.21. The third-order valence-electron chi connectivity index (χ3n) is 4.79. The van der Waals surface area contributed by atoms with E-state index in [9.17, 15) is 0 Å². The number of hydrogen-bond acceptors (Lipinski definition) is 4. The van der Waals surface area contributed by atoms with Gasteiger partial charge in [-0.15, -0.1) is 0 Å². The predicted molar refractivity (Wildman–Crippen MR) is 110 cm³/mol. The summed E-state index contributed by atoms with van der Waals surface area (Å²) in [6, 6.07) is 16.3.